The van der Waals surface area contributed by atoms with E-state index >= 15 is 0 Å². The lowest BCUT2D eigenvalue weighted by atomic mass is 10.1. The van der Waals surface area contributed by atoms with E-state index < -0.39 is 0 Å². The van der Waals surface area contributed by atoms with Crippen molar-refractivity contribution in [1.29, 1.82) is 0 Å². The molecule has 2 heterocycles. The standard InChI is InChI=1S/C23H27N3O2/c1-3-25-10-12-26(13-11-25)21-7-5-4-6-20(21)24-23(27)15-18-16-28-22-14-17(2)8-9-19(18)22/h4-9,14,16H,3,10-13,15H2,1-2H3,(H,24,27). The lowest BCUT2D eigenvalue weighted by molar-refractivity contribution is -0.115. The number of likely N-dealkylation sites (N-methyl/N-ethyl adjacent to an activating group) is 1. The molecule has 1 aliphatic rings. The van der Waals surface area contributed by atoms with Crippen molar-refractivity contribution >= 4 is 28.3 Å². The van der Waals surface area contributed by atoms with Gasteiger partial charge < -0.3 is 19.5 Å². The number of para-hydroxylation sites is 2. The minimum Gasteiger partial charge on any atom is -0.464 e. The Labute approximate surface area is 165 Å². The topological polar surface area (TPSA) is 48.7 Å². The summed E-state index contributed by atoms with van der Waals surface area (Å²) in [4.78, 5) is 17.6. The highest BCUT2D eigenvalue weighted by Crippen LogP contribution is 2.28. The van der Waals surface area contributed by atoms with Crippen molar-refractivity contribution in [3.63, 3.8) is 0 Å². The number of amides is 1. The molecule has 4 rings (SSSR count). The van der Waals surface area contributed by atoms with Gasteiger partial charge in [0.2, 0.25) is 5.91 Å². The molecule has 1 saturated heterocycles. The number of nitrogens with zero attached hydrogens (tertiary/aromatic N) is 2. The summed E-state index contributed by atoms with van der Waals surface area (Å²) in [6.07, 6.45) is 1.99. The summed E-state index contributed by atoms with van der Waals surface area (Å²) < 4.78 is 5.63. The predicted molar refractivity (Wildman–Crippen MR) is 114 cm³/mol. The molecule has 5 nitrogen and oxygen atoms in total. The molecule has 0 saturated carbocycles. The van der Waals surface area contributed by atoms with E-state index in [1.807, 2.05) is 43.3 Å². The second-order valence-electron chi connectivity index (χ2n) is 7.42. The molecule has 1 N–H and O–H groups in total. The molecule has 3 aromatic rings. The number of hydrogen-bond donors (Lipinski definition) is 1. The van der Waals surface area contributed by atoms with E-state index in [-0.39, 0.29) is 5.91 Å². The van der Waals surface area contributed by atoms with E-state index in [1.54, 1.807) is 6.26 Å². The number of nitrogens with one attached hydrogen (secondary N) is 1. The highest BCUT2D eigenvalue weighted by atomic mass is 16.3. The second kappa shape index (κ2) is 8.07. The van der Waals surface area contributed by atoms with Gasteiger partial charge in [0.15, 0.2) is 0 Å². The summed E-state index contributed by atoms with van der Waals surface area (Å²) in [7, 11) is 0. The Bertz CT molecular complexity index is 971. The molecule has 0 radical (unpaired) electrons. The van der Waals surface area contributed by atoms with Crippen LogP contribution >= 0.6 is 0 Å². The number of fused-ring (bicyclic) bond motifs is 1. The molecule has 2 aromatic carbocycles. The normalized spacial score (nSPS) is 15.1. The van der Waals surface area contributed by atoms with Gasteiger partial charge in [0.25, 0.3) is 0 Å². The summed E-state index contributed by atoms with van der Waals surface area (Å²) >= 11 is 0. The third-order valence-corrected chi connectivity index (χ3v) is 5.50. The van der Waals surface area contributed by atoms with Gasteiger partial charge in [-0.2, -0.15) is 0 Å². The Morgan fingerprint density at radius 2 is 1.89 bits per heavy atom. The Morgan fingerprint density at radius 1 is 1.11 bits per heavy atom. The van der Waals surface area contributed by atoms with E-state index in [9.17, 15) is 4.79 Å². The van der Waals surface area contributed by atoms with Crippen LogP contribution in [0, 0.1) is 6.92 Å². The number of hydrogen-bond acceptors (Lipinski definition) is 4. The van der Waals surface area contributed by atoms with Crippen molar-refractivity contribution in [3.8, 4) is 0 Å². The van der Waals surface area contributed by atoms with E-state index in [0.29, 0.717) is 6.42 Å². The lowest BCUT2D eigenvalue weighted by Gasteiger charge is -2.36. The van der Waals surface area contributed by atoms with Crippen LogP contribution in [0.2, 0.25) is 0 Å². The zero-order valence-electron chi connectivity index (χ0n) is 16.6. The van der Waals surface area contributed by atoms with E-state index in [0.717, 1.165) is 66.2 Å². The maximum absolute atomic E-state index is 12.7. The summed E-state index contributed by atoms with van der Waals surface area (Å²) in [5.74, 6) is -0.0251. The van der Waals surface area contributed by atoms with Gasteiger partial charge in [-0.05, 0) is 37.2 Å². The highest BCUT2D eigenvalue weighted by Gasteiger charge is 2.19. The quantitative estimate of drug-likeness (QED) is 0.728. The molecule has 28 heavy (non-hydrogen) atoms. The molecule has 0 bridgehead atoms. The fraction of sp³-hybridized carbons (Fsp3) is 0.348. The smallest absolute Gasteiger partial charge is 0.228 e. The van der Waals surface area contributed by atoms with Gasteiger partial charge in [0.05, 0.1) is 24.1 Å². The van der Waals surface area contributed by atoms with Gasteiger partial charge in [-0.3, -0.25) is 4.79 Å². The van der Waals surface area contributed by atoms with Crippen molar-refractivity contribution in [2.45, 2.75) is 20.3 Å². The lowest BCUT2D eigenvalue weighted by Crippen LogP contribution is -2.46. The number of carbonyl (C=O) groups is 1. The zero-order valence-corrected chi connectivity index (χ0v) is 16.6. The van der Waals surface area contributed by atoms with E-state index in [1.165, 1.54) is 0 Å². The van der Waals surface area contributed by atoms with Crippen LogP contribution in [0.1, 0.15) is 18.1 Å². The Kier molecular flexibility index (Phi) is 5.35. The highest BCUT2D eigenvalue weighted by molar-refractivity contribution is 5.97. The largest absolute Gasteiger partial charge is 0.464 e. The molecule has 1 aliphatic heterocycles. The van der Waals surface area contributed by atoms with Crippen LogP contribution in [-0.2, 0) is 11.2 Å². The van der Waals surface area contributed by atoms with Gasteiger partial charge in [0.1, 0.15) is 5.58 Å². The minimum atomic E-state index is -0.0251. The maximum atomic E-state index is 12.7. The molecule has 0 atom stereocenters. The third kappa shape index (κ3) is 3.90. The van der Waals surface area contributed by atoms with Crippen molar-refractivity contribution in [1.82, 2.24) is 4.90 Å². The van der Waals surface area contributed by atoms with Crippen molar-refractivity contribution in [2.24, 2.45) is 0 Å². The average molecular weight is 377 g/mol. The summed E-state index contributed by atoms with van der Waals surface area (Å²) in [5, 5.41) is 4.12. The van der Waals surface area contributed by atoms with Gasteiger partial charge >= 0.3 is 0 Å². The molecular weight excluding hydrogens is 350 g/mol. The molecule has 1 fully saturated rings. The molecule has 1 amide bonds. The van der Waals surface area contributed by atoms with E-state index in [2.05, 4.69) is 28.1 Å². The van der Waals surface area contributed by atoms with Crippen molar-refractivity contribution in [2.75, 3.05) is 42.9 Å². The minimum absolute atomic E-state index is 0.0251. The monoisotopic (exact) mass is 377 g/mol. The van der Waals surface area contributed by atoms with Gasteiger partial charge in [-0.1, -0.05) is 31.2 Å². The molecule has 1 aromatic heterocycles. The molecule has 0 spiro atoms. The number of piperazine rings is 1. The fourth-order valence-corrected chi connectivity index (χ4v) is 3.85. The number of benzene rings is 2. The summed E-state index contributed by atoms with van der Waals surface area (Å²) in [6, 6.07) is 14.1. The number of furan rings is 1. The maximum Gasteiger partial charge on any atom is 0.228 e. The average Bonchev–Trinajstić information content (AvgIpc) is 3.10. The molecule has 146 valence electrons. The van der Waals surface area contributed by atoms with Crippen molar-refractivity contribution < 1.29 is 9.21 Å². The molecule has 0 aliphatic carbocycles. The van der Waals surface area contributed by atoms with E-state index in [4.69, 9.17) is 4.42 Å². The van der Waals surface area contributed by atoms with Crippen LogP contribution < -0.4 is 10.2 Å². The molecule has 0 unspecified atom stereocenters. The van der Waals surface area contributed by atoms with Crippen LogP contribution in [0.5, 0.6) is 0 Å². The summed E-state index contributed by atoms with van der Waals surface area (Å²) in [5.41, 5.74) is 4.87. The Morgan fingerprint density at radius 3 is 2.68 bits per heavy atom. The first-order valence-electron chi connectivity index (χ1n) is 9.97. The SMILES string of the molecule is CCN1CCN(c2ccccc2NC(=O)Cc2coc3cc(C)ccc23)CC1. The second-order valence-corrected chi connectivity index (χ2v) is 7.42. The number of rotatable bonds is 5. The van der Waals surface area contributed by atoms with Crippen LogP contribution in [0.4, 0.5) is 11.4 Å². The number of anilines is 2. The van der Waals surface area contributed by atoms with Crippen molar-refractivity contribution in [3.05, 3.63) is 59.9 Å². The molecule has 5 heteroatoms. The first-order chi connectivity index (χ1) is 13.6. The van der Waals surface area contributed by atoms with Gasteiger partial charge in [-0.15, -0.1) is 0 Å². The van der Waals surface area contributed by atoms with Crippen LogP contribution in [0.3, 0.4) is 0 Å². The first kappa shape index (κ1) is 18.6. The first-order valence-corrected chi connectivity index (χ1v) is 9.97. The Balaban J connectivity index is 1.47. The number of aryl methyl sites for hydroxylation is 1. The summed E-state index contributed by atoms with van der Waals surface area (Å²) in [6.45, 7) is 9.39. The molecular formula is C23H27N3O2. The van der Waals surface area contributed by atoms with Crippen LogP contribution in [0.15, 0.2) is 53.1 Å². The Hall–Kier alpha value is -2.79. The third-order valence-electron chi connectivity index (χ3n) is 5.50. The van der Waals surface area contributed by atoms with Gasteiger partial charge in [0, 0.05) is 37.1 Å². The van der Waals surface area contributed by atoms with Gasteiger partial charge in [-0.25, -0.2) is 0 Å². The van der Waals surface area contributed by atoms with Crippen LogP contribution in [0.25, 0.3) is 11.0 Å². The number of carbonyl (C=O) groups excluding carboxylic acids is 1. The fourth-order valence-electron chi connectivity index (χ4n) is 3.85. The van der Waals surface area contributed by atoms with Crippen LogP contribution in [-0.4, -0.2) is 43.5 Å². The predicted octanol–water partition coefficient (Wildman–Crippen LogP) is 4.06. The zero-order chi connectivity index (χ0) is 19.5.